The highest BCUT2D eigenvalue weighted by atomic mass is 16.6. The quantitative estimate of drug-likeness (QED) is 0.368. The van der Waals surface area contributed by atoms with Crippen molar-refractivity contribution in [1.29, 1.82) is 0 Å². The van der Waals surface area contributed by atoms with Crippen LogP contribution in [0.15, 0.2) is 48.5 Å². The maximum Gasteiger partial charge on any atom is 0.338 e. The molecule has 2 aromatic rings. The minimum atomic E-state index is -1.04. The van der Waals surface area contributed by atoms with Crippen LogP contribution in [0.4, 0.5) is 11.4 Å². The number of hydrogen-bond acceptors (Lipinski definition) is 6. The smallest absolute Gasteiger partial charge is 0.338 e. The van der Waals surface area contributed by atoms with E-state index in [1.54, 1.807) is 12.1 Å². The van der Waals surface area contributed by atoms with Crippen molar-refractivity contribution >= 4 is 29.0 Å². The normalized spacial score (nSPS) is 11.3. The van der Waals surface area contributed by atoms with Gasteiger partial charge in [0.25, 0.3) is 5.69 Å². The lowest BCUT2D eigenvalue weighted by Gasteiger charge is -2.13. The van der Waals surface area contributed by atoms with Crippen LogP contribution in [0.3, 0.4) is 0 Å². The molecule has 0 heterocycles. The highest BCUT2D eigenvalue weighted by Gasteiger charge is 2.21. The highest BCUT2D eigenvalue weighted by molar-refractivity contribution is 6.02. The number of non-ortho nitro benzene ring substituents is 1. The van der Waals surface area contributed by atoms with Gasteiger partial charge in [0.15, 0.2) is 6.10 Å². The number of carbonyl (C=O) groups is 3. The van der Waals surface area contributed by atoms with Gasteiger partial charge in [-0.05, 0) is 43.3 Å². The minimum Gasteiger partial charge on any atom is -0.451 e. The molecule has 0 fully saturated rings. The Bertz CT molecular complexity index is 843. The van der Waals surface area contributed by atoms with Gasteiger partial charge in [-0.2, -0.15) is 0 Å². The Morgan fingerprint density at radius 2 is 1.54 bits per heavy atom. The van der Waals surface area contributed by atoms with Gasteiger partial charge in [-0.3, -0.25) is 19.7 Å². The average molecular weight is 356 g/mol. The molecule has 2 aromatic carbocycles. The highest BCUT2D eigenvalue weighted by Crippen LogP contribution is 2.15. The van der Waals surface area contributed by atoms with Crippen molar-refractivity contribution < 1.29 is 24.0 Å². The standard InChI is InChI=1S/C18H16N2O6/c1-11(17(22)13-3-7-15(8-4-13)19-12(2)21)26-18(23)14-5-9-16(10-6-14)20(24)25/h3-11H,1-2H3,(H,19,21)/t11-/m1/s1. The number of nitro benzene ring substituents is 1. The number of nitro groups is 1. The summed E-state index contributed by atoms with van der Waals surface area (Å²) in [6.45, 7) is 2.81. The van der Waals surface area contributed by atoms with Crippen molar-refractivity contribution in [3.63, 3.8) is 0 Å². The van der Waals surface area contributed by atoms with Crippen molar-refractivity contribution in [2.24, 2.45) is 0 Å². The molecule has 0 unspecified atom stereocenters. The molecule has 0 spiro atoms. The third-order valence-electron chi connectivity index (χ3n) is 3.46. The topological polar surface area (TPSA) is 116 Å². The molecule has 8 heteroatoms. The number of benzene rings is 2. The lowest BCUT2D eigenvalue weighted by molar-refractivity contribution is -0.384. The Morgan fingerprint density at radius 1 is 1.00 bits per heavy atom. The zero-order valence-electron chi connectivity index (χ0n) is 14.1. The van der Waals surface area contributed by atoms with Crippen LogP contribution in [0.5, 0.6) is 0 Å². The summed E-state index contributed by atoms with van der Waals surface area (Å²) < 4.78 is 5.12. The summed E-state index contributed by atoms with van der Waals surface area (Å²) >= 11 is 0. The minimum absolute atomic E-state index is 0.108. The molecule has 0 aliphatic rings. The summed E-state index contributed by atoms with van der Waals surface area (Å²) in [5, 5.41) is 13.2. The van der Waals surface area contributed by atoms with Gasteiger partial charge < -0.3 is 10.1 Å². The van der Waals surface area contributed by atoms with Gasteiger partial charge in [0, 0.05) is 30.3 Å². The van der Waals surface area contributed by atoms with Crippen molar-refractivity contribution in [2.45, 2.75) is 20.0 Å². The van der Waals surface area contributed by atoms with Gasteiger partial charge in [0.1, 0.15) is 0 Å². The average Bonchev–Trinajstić information content (AvgIpc) is 2.61. The van der Waals surface area contributed by atoms with Crippen LogP contribution in [0.1, 0.15) is 34.6 Å². The number of carbonyl (C=O) groups excluding carboxylic acids is 3. The number of ketones is 1. The van der Waals surface area contributed by atoms with Crippen molar-refractivity contribution in [1.82, 2.24) is 0 Å². The van der Waals surface area contributed by atoms with Crippen molar-refractivity contribution in [2.75, 3.05) is 5.32 Å². The number of amides is 1. The first-order valence-electron chi connectivity index (χ1n) is 7.65. The SMILES string of the molecule is CC(=O)Nc1ccc(C(=O)[C@@H](C)OC(=O)c2ccc([N+](=O)[O-])cc2)cc1. The zero-order valence-corrected chi connectivity index (χ0v) is 14.1. The summed E-state index contributed by atoms with van der Waals surface area (Å²) in [5.74, 6) is -1.39. The van der Waals surface area contributed by atoms with Gasteiger partial charge in [0.05, 0.1) is 10.5 Å². The fourth-order valence-corrected chi connectivity index (χ4v) is 2.16. The molecular weight excluding hydrogens is 340 g/mol. The third kappa shape index (κ3) is 4.73. The van der Waals surface area contributed by atoms with Gasteiger partial charge in [-0.15, -0.1) is 0 Å². The van der Waals surface area contributed by atoms with E-state index in [0.717, 1.165) is 0 Å². The van der Waals surface area contributed by atoms with Crippen LogP contribution in [-0.2, 0) is 9.53 Å². The number of ether oxygens (including phenoxy) is 1. The van der Waals surface area contributed by atoms with E-state index in [1.807, 2.05) is 0 Å². The third-order valence-corrected chi connectivity index (χ3v) is 3.46. The lowest BCUT2D eigenvalue weighted by atomic mass is 10.1. The zero-order chi connectivity index (χ0) is 19.3. The molecule has 1 atom stereocenters. The van der Waals surface area contributed by atoms with E-state index in [9.17, 15) is 24.5 Å². The van der Waals surface area contributed by atoms with Gasteiger partial charge >= 0.3 is 5.97 Å². The molecule has 0 aliphatic heterocycles. The van der Waals surface area contributed by atoms with Crippen molar-refractivity contribution in [3.05, 3.63) is 69.8 Å². The van der Waals surface area contributed by atoms with E-state index in [0.29, 0.717) is 11.3 Å². The first-order chi connectivity index (χ1) is 12.3. The van der Waals surface area contributed by atoms with Gasteiger partial charge in [-0.25, -0.2) is 4.79 Å². The Labute approximate surface area is 148 Å². The second kappa shape index (κ2) is 8.02. The second-order valence-electron chi connectivity index (χ2n) is 5.47. The van der Waals surface area contributed by atoms with Crippen LogP contribution in [0, 0.1) is 10.1 Å². The van der Waals surface area contributed by atoms with Crippen molar-refractivity contribution in [3.8, 4) is 0 Å². The molecule has 1 amide bonds. The fourth-order valence-electron chi connectivity index (χ4n) is 2.16. The van der Waals surface area contributed by atoms with E-state index in [1.165, 1.54) is 50.2 Å². The molecule has 0 aromatic heterocycles. The molecule has 134 valence electrons. The summed E-state index contributed by atoms with van der Waals surface area (Å²) in [4.78, 5) is 45.4. The molecule has 8 nitrogen and oxygen atoms in total. The van der Waals surface area contributed by atoms with Crippen LogP contribution in [-0.4, -0.2) is 28.7 Å². The molecule has 26 heavy (non-hydrogen) atoms. The Kier molecular flexibility index (Phi) is 5.79. The summed E-state index contributed by atoms with van der Waals surface area (Å²) in [6, 6.07) is 11.1. The largest absolute Gasteiger partial charge is 0.451 e. The molecule has 0 saturated carbocycles. The number of nitrogens with zero attached hydrogens (tertiary/aromatic N) is 1. The van der Waals surface area contributed by atoms with E-state index >= 15 is 0 Å². The molecule has 0 radical (unpaired) electrons. The lowest BCUT2D eigenvalue weighted by Crippen LogP contribution is -2.24. The number of Topliss-reactive ketones (excluding diaryl/α,β-unsaturated/α-hetero) is 1. The Balaban J connectivity index is 2.02. The molecule has 0 bridgehead atoms. The summed E-state index contributed by atoms with van der Waals surface area (Å²) in [6.07, 6.45) is -1.04. The van der Waals surface area contributed by atoms with E-state index in [2.05, 4.69) is 5.32 Å². The number of esters is 1. The fraction of sp³-hybridized carbons (Fsp3) is 0.167. The van der Waals surface area contributed by atoms with E-state index in [-0.39, 0.29) is 17.2 Å². The summed E-state index contributed by atoms with van der Waals surface area (Å²) in [7, 11) is 0. The monoisotopic (exact) mass is 356 g/mol. The van der Waals surface area contributed by atoms with E-state index in [4.69, 9.17) is 4.74 Å². The predicted molar refractivity (Wildman–Crippen MR) is 93.1 cm³/mol. The van der Waals surface area contributed by atoms with Crippen LogP contribution >= 0.6 is 0 Å². The summed E-state index contributed by atoms with van der Waals surface area (Å²) in [5.41, 5.74) is 0.828. The van der Waals surface area contributed by atoms with Gasteiger partial charge in [0.2, 0.25) is 11.7 Å². The molecule has 0 saturated heterocycles. The maximum atomic E-state index is 12.3. The molecule has 2 rings (SSSR count). The number of nitrogens with one attached hydrogen (secondary N) is 1. The van der Waals surface area contributed by atoms with Crippen LogP contribution in [0.25, 0.3) is 0 Å². The second-order valence-corrected chi connectivity index (χ2v) is 5.47. The first kappa shape index (κ1) is 18.8. The Morgan fingerprint density at radius 3 is 2.04 bits per heavy atom. The molecular formula is C18H16N2O6. The number of hydrogen-bond donors (Lipinski definition) is 1. The Hall–Kier alpha value is -3.55. The van der Waals surface area contributed by atoms with Gasteiger partial charge in [-0.1, -0.05) is 0 Å². The van der Waals surface area contributed by atoms with E-state index < -0.39 is 22.8 Å². The number of anilines is 1. The molecule has 0 aliphatic carbocycles. The maximum absolute atomic E-state index is 12.3. The predicted octanol–water partition coefficient (Wildman–Crippen LogP) is 2.98. The number of rotatable bonds is 6. The van der Waals surface area contributed by atoms with Crippen LogP contribution < -0.4 is 5.32 Å². The van der Waals surface area contributed by atoms with Crippen LogP contribution in [0.2, 0.25) is 0 Å². The molecule has 1 N–H and O–H groups in total. The first-order valence-corrected chi connectivity index (χ1v) is 7.65.